The molecule has 1 unspecified atom stereocenters. The third-order valence-electron chi connectivity index (χ3n) is 5.80. The van der Waals surface area contributed by atoms with Gasteiger partial charge in [0.1, 0.15) is 12.6 Å². The largest absolute Gasteiger partial charge is 0.467 e. The van der Waals surface area contributed by atoms with E-state index in [-0.39, 0.29) is 18.1 Å². The van der Waals surface area contributed by atoms with Crippen molar-refractivity contribution >= 4 is 5.91 Å². The maximum atomic E-state index is 14.4. The van der Waals surface area contributed by atoms with Crippen molar-refractivity contribution in [3.8, 4) is 17.6 Å². The molecule has 1 aromatic heterocycles. The zero-order valence-electron chi connectivity index (χ0n) is 19.2. The lowest BCUT2D eigenvalue weighted by molar-refractivity contribution is -0.203. The van der Waals surface area contributed by atoms with Crippen LogP contribution < -0.4 is 4.74 Å². The van der Waals surface area contributed by atoms with Crippen molar-refractivity contribution in [2.75, 3.05) is 6.61 Å². The molecule has 3 aromatic carbocycles. The van der Waals surface area contributed by atoms with Crippen molar-refractivity contribution in [3.05, 3.63) is 113 Å². The van der Waals surface area contributed by atoms with Gasteiger partial charge >= 0.3 is 6.18 Å². The zero-order chi connectivity index (χ0) is 26.0. The minimum atomic E-state index is -4.86. The van der Waals surface area contributed by atoms with E-state index in [1.54, 1.807) is 54.6 Å². The van der Waals surface area contributed by atoms with Crippen LogP contribution in [0.5, 0.6) is 5.88 Å². The Morgan fingerprint density at radius 2 is 1.65 bits per heavy atom. The summed E-state index contributed by atoms with van der Waals surface area (Å²) in [4.78, 5) is 19.1. The van der Waals surface area contributed by atoms with Gasteiger partial charge in [-0.3, -0.25) is 9.63 Å². The number of para-hydroxylation sites is 1. The number of amides is 1. The summed E-state index contributed by atoms with van der Waals surface area (Å²) in [6, 6.07) is 23.7. The molecular formula is C27H19F3N4O3. The standard InChI is InChI=1S/C27H19F3N4O3/c28-27(29,30)25-23-24(20-13-11-18(15-31)12-14-20)34(37-16-19-7-3-1-4-8-19)22(35)17-36-26(23)33(32-25)21-9-5-2-6-10-21/h1-14,24H,16-17H2. The summed E-state index contributed by atoms with van der Waals surface area (Å²) in [5, 5.41) is 14.0. The molecule has 1 amide bonds. The molecule has 0 saturated carbocycles. The van der Waals surface area contributed by atoms with Gasteiger partial charge in [-0.2, -0.15) is 23.5 Å². The number of carbonyl (C=O) groups is 1. The zero-order valence-corrected chi connectivity index (χ0v) is 19.2. The number of carbonyl (C=O) groups excluding carboxylic acids is 1. The van der Waals surface area contributed by atoms with Crippen LogP contribution >= 0.6 is 0 Å². The molecule has 10 heteroatoms. The van der Waals surface area contributed by atoms with Crippen molar-refractivity contribution < 1.29 is 27.5 Å². The molecule has 1 atom stereocenters. The number of hydroxylamine groups is 2. The Hall–Kier alpha value is -4.62. The molecule has 0 N–H and O–H groups in total. The second kappa shape index (κ2) is 9.79. The first-order valence-electron chi connectivity index (χ1n) is 11.2. The van der Waals surface area contributed by atoms with Gasteiger partial charge in [0, 0.05) is 0 Å². The van der Waals surface area contributed by atoms with E-state index in [0.717, 1.165) is 15.3 Å². The molecule has 0 radical (unpaired) electrons. The van der Waals surface area contributed by atoms with Crippen LogP contribution in [0.25, 0.3) is 5.69 Å². The predicted molar refractivity (Wildman–Crippen MR) is 125 cm³/mol. The van der Waals surface area contributed by atoms with E-state index in [0.29, 0.717) is 16.8 Å². The fraction of sp³-hybridized carbons (Fsp3) is 0.148. The number of nitriles is 1. The van der Waals surface area contributed by atoms with Gasteiger partial charge < -0.3 is 4.74 Å². The molecule has 0 bridgehead atoms. The molecule has 4 aromatic rings. The third kappa shape index (κ3) is 4.77. The van der Waals surface area contributed by atoms with Gasteiger partial charge in [-0.25, -0.2) is 9.75 Å². The van der Waals surface area contributed by atoms with Crippen LogP contribution in [0.3, 0.4) is 0 Å². The fourth-order valence-electron chi connectivity index (χ4n) is 4.12. The molecular weight excluding hydrogens is 485 g/mol. The van der Waals surface area contributed by atoms with Crippen molar-refractivity contribution in [1.29, 1.82) is 5.26 Å². The van der Waals surface area contributed by atoms with Gasteiger partial charge in [-0.15, -0.1) is 0 Å². The smallest absolute Gasteiger partial charge is 0.435 e. The number of hydrogen-bond donors (Lipinski definition) is 0. The van der Waals surface area contributed by atoms with Crippen LogP contribution in [0, 0.1) is 11.3 Å². The van der Waals surface area contributed by atoms with Crippen molar-refractivity contribution in [3.63, 3.8) is 0 Å². The van der Waals surface area contributed by atoms with Gasteiger partial charge in [0.2, 0.25) is 5.88 Å². The number of benzene rings is 3. The highest BCUT2D eigenvalue weighted by molar-refractivity contribution is 5.79. The topological polar surface area (TPSA) is 80.4 Å². The Morgan fingerprint density at radius 3 is 2.27 bits per heavy atom. The molecule has 0 aliphatic carbocycles. The van der Waals surface area contributed by atoms with Gasteiger partial charge in [0.25, 0.3) is 5.91 Å². The van der Waals surface area contributed by atoms with Gasteiger partial charge in [0.15, 0.2) is 12.3 Å². The quantitative estimate of drug-likeness (QED) is 0.373. The summed E-state index contributed by atoms with van der Waals surface area (Å²) in [6.45, 7) is -0.632. The molecule has 37 heavy (non-hydrogen) atoms. The first-order valence-corrected chi connectivity index (χ1v) is 11.2. The molecule has 2 heterocycles. The summed E-state index contributed by atoms with van der Waals surface area (Å²) in [5.41, 5.74) is 0.0937. The number of ether oxygens (including phenoxy) is 1. The second-order valence-electron chi connectivity index (χ2n) is 8.22. The lowest BCUT2D eigenvalue weighted by Crippen LogP contribution is -2.37. The number of alkyl halides is 3. The lowest BCUT2D eigenvalue weighted by Gasteiger charge is -2.29. The predicted octanol–water partition coefficient (Wildman–Crippen LogP) is 5.20. The first-order chi connectivity index (χ1) is 17.9. The number of aromatic nitrogens is 2. The summed E-state index contributed by atoms with van der Waals surface area (Å²) < 4.78 is 49.9. The highest BCUT2D eigenvalue weighted by Gasteiger charge is 2.47. The van der Waals surface area contributed by atoms with Gasteiger partial charge in [-0.05, 0) is 35.4 Å². The van der Waals surface area contributed by atoms with Crippen molar-refractivity contribution in [1.82, 2.24) is 14.8 Å². The molecule has 0 spiro atoms. The highest BCUT2D eigenvalue weighted by atomic mass is 19.4. The van der Waals surface area contributed by atoms with Crippen LogP contribution in [0.1, 0.15) is 34.0 Å². The van der Waals surface area contributed by atoms with Gasteiger partial charge in [-0.1, -0.05) is 60.7 Å². The molecule has 0 fully saturated rings. The number of hydrogen-bond acceptors (Lipinski definition) is 5. The summed E-state index contributed by atoms with van der Waals surface area (Å²) in [6.07, 6.45) is -4.86. The summed E-state index contributed by atoms with van der Waals surface area (Å²) in [5.74, 6) is -0.888. The Balaban J connectivity index is 1.71. The van der Waals surface area contributed by atoms with E-state index in [4.69, 9.17) is 9.57 Å². The number of halogens is 3. The van der Waals surface area contributed by atoms with Crippen LogP contribution in [-0.4, -0.2) is 27.4 Å². The van der Waals surface area contributed by atoms with Crippen molar-refractivity contribution in [2.24, 2.45) is 0 Å². The van der Waals surface area contributed by atoms with E-state index >= 15 is 0 Å². The normalized spacial score (nSPS) is 15.5. The number of rotatable bonds is 5. The molecule has 1 aliphatic heterocycles. The minimum Gasteiger partial charge on any atom is -0.467 e. The first kappa shape index (κ1) is 24.1. The van der Waals surface area contributed by atoms with E-state index in [1.165, 1.54) is 24.3 Å². The van der Waals surface area contributed by atoms with E-state index < -0.39 is 30.4 Å². The maximum absolute atomic E-state index is 14.4. The average Bonchev–Trinajstić information content (AvgIpc) is 3.24. The molecule has 5 rings (SSSR count). The number of fused-ring (bicyclic) bond motifs is 1. The summed E-state index contributed by atoms with van der Waals surface area (Å²) in [7, 11) is 0. The van der Waals surface area contributed by atoms with Gasteiger partial charge in [0.05, 0.1) is 22.9 Å². The third-order valence-corrected chi connectivity index (χ3v) is 5.80. The van der Waals surface area contributed by atoms with E-state index in [1.807, 2.05) is 12.1 Å². The summed E-state index contributed by atoms with van der Waals surface area (Å²) >= 11 is 0. The average molecular weight is 504 g/mol. The van der Waals surface area contributed by atoms with Crippen LogP contribution in [-0.2, 0) is 22.4 Å². The monoisotopic (exact) mass is 504 g/mol. The van der Waals surface area contributed by atoms with Crippen LogP contribution in [0.2, 0.25) is 0 Å². The molecule has 1 aliphatic rings. The second-order valence-corrected chi connectivity index (χ2v) is 8.22. The molecule has 0 saturated heterocycles. The van der Waals surface area contributed by atoms with Crippen LogP contribution in [0.4, 0.5) is 13.2 Å². The molecule has 186 valence electrons. The fourth-order valence-corrected chi connectivity index (χ4v) is 4.12. The van der Waals surface area contributed by atoms with E-state index in [2.05, 4.69) is 5.10 Å². The van der Waals surface area contributed by atoms with Crippen molar-refractivity contribution in [2.45, 2.75) is 18.8 Å². The SMILES string of the molecule is N#Cc1ccc(C2c3c(C(F)(F)F)nn(-c4ccccc4)c3OCC(=O)N2OCc2ccccc2)cc1. The minimum absolute atomic E-state index is 0.0666. The Morgan fingerprint density at radius 1 is 1.00 bits per heavy atom. The lowest BCUT2D eigenvalue weighted by atomic mass is 9.97. The van der Waals surface area contributed by atoms with Crippen LogP contribution in [0.15, 0.2) is 84.9 Å². The Kier molecular flexibility index (Phi) is 6.38. The maximum Gasteiger partial charge on any atom is 0.435 e. The Labute approximate surface area is 209 Å². The molecule has 7 nitrogen and oxygen atoms in total. The highest BCUT2D eigenvalue weighted by Crippen LogP contribution is 2.46. The van der Waals surface area contributed by atoms with E-state index in [9.17, 15) is 23.2 Å². The Bertz CT molecular complexity index is 1450. The number of nitrogens with zero attached hydrogens (tertiary/aromatic N) is 4.